The van der Waals surface area contributed by atoms with E-state index in [0.717, 1.165) is 22.5 Å². The van der Waals surface area contributed by atoms with Crippen molar-refractivity contribution in [1.29, 1.82) is 0 Å². The molecule has 0 aliphatic rings. The second-order valence-corrected chi connectivity index (χ2v) is 3.79. The first-order valence-corrected chi connectivity index (χ1v) is 5.37. The molecule has 0 saturated carbocycles. The van der Waals surface area contributed by atoms with E-state index >= 15 is 0 Å². The average molecular weight is 228 g/mol. The Morgan fingerprint density at radius 2 is 2.24 bits per heavy atom. The zero-order valence-electron chi connectivity index (χ0n) is 9.42. The molecule has 0 spiro atoms. The van der Waals surface area contributed by atoms with Gasteiger partial charge in [-0.1, -0.05) is 0 Å². The molecule has 0 unspecified atom stereocenters. The summed E-state index contributed by atoms with van der Waals surface area (Å²) in [6.45, 7) is 0.688. The molecule has 0 bridgehead atoms. The zero-order chi connectivity index (χ0) is 11.7. The van der Waals surface area contributed by atoms with Crippen LogP contribution in [0, 0.1) is 0 Å². The van der Waals surface area contributed by atoms with Gasteiger partial charge in [0.15, 0.2) is 0 Å². The van der Waals surface area contributed by atoms with E-state index in [1.54, 1.807) is 18.7 Å². The van der Waals surface area contributed by atoms with Crippen molar-refractivity contribution < 1.29 is 4.42 Å². The van der Waals surface area contributed by atoms with Crippen molar-refractivity contribution in [3.05, 3.63) is 42.5 Å². The molecule has 3 aromatic rings. The molecule has 5 heteroatoms. The lowest BCUT2D eigenvalue weighted by molar-refractivity contribution is 0.615. The van der Waals surface area contributed by atoms with Gasteiger partial charge in [0.2, 0.25) is 0 Å². The molecular weight excluding hydrogens is 216 g/mol. The Morgan fingerprint density at radius 1 is 1.29 bits per heavy atom. The fraction of sp³-hybridized carbons (Fsp3) is 0.167. The molecule has 0 aliphatic carbocycles. The summed E-state index contributed by atoms with van der Waals surface area (Å²) in [5, 5.41) is 8.40. The van der Waals surface area contributed by atoms with Gasteiger partial charge in [-0.15, -0.1) is 0 Å². The summed E-state index contributed by atoms with van der Waals surface area (Å²) < 4.78 is 7.16. The van der Waals surface area contributed by atoms with E-state index in [-0.39, 0.29) is 0 Å². The van der Waals surface area contributed by atoms with Crippen molar-refractivity contribution in [2.75, 3.05) is 5.32 Å². The molecular formula is C12H12N4O. The van der Waals surface area contributed by atoms with Crippen LogP contribution in [-0.4, -0.2) is 14.8 Å². The number of hydrogen-bond acceptors (Lipinski definition) is 4. The highest BCUT2D eigenvalue weighted by Gasteiger charge is 2.05. The second-order valence-electron chi connectivity index (χ2n) is 3.79. The fourth-order valence-electron chi connectivity index (χ4n) is 1.78. The van der Waals surface area contributed by atoms with Gasteiger partial charge in [0.25, 0.3) is 0 Å². The van der Waals surface area contributed by atoms with E-state index < -0.39 is 0 Å². The predicted molar refractivity (Wildman–Crippen MR) is 64.5 cm³/mol. The second kappa shape index (κ2) is 3.93. The van der Waals surface area contributed by atoms with Crippen LogP contribution in [0.3, 0.4) is 0 Å². The summed E-state index contributed by atoms with van der Waals surface area (Å²) in [5.74, 6) is 0.831. The Balaban J connectivity index is 1.86. The first-order valence-electron chi connectivity index (χ1n) is 5.37. The highest BCUT2D eigenvalue weighted by molar-refractivity contribution is 5.87. The van der Waals surface area contributed by atoms with Gasteiger partial charge < -0.3 is 9.73 Å². The summed E-state index contributed by atoms with van der Waals surface area (Å²) >= 11 is 0. The predicted octanol–water partition coefficient (Wildman–Crippen LogP) is 2.17. The van der Waals surface area contributed by atoms with E-state index in [4.69, 9.17) is 4.42 Å². The number of nitrogens with one attached hydrogen (secondary N) is 1. The number of rotatable bonds is 3. The van der Waals surface area contributed by atoms with E-state index in [9.17, 15) is 0 Å². The first-order chi connectivity index (χ1) is 8.34. The lowest BCUT2D eigenvalue weighted by atomic mass is 10.3. The number of pyridine rings is 1. The van der Waals surface area contributed by atoms with Gasteiger partial charge in [-0.2, -0.15) is 5.10 Å². The number of anilines is 1. The van der Waals surface area contributed by atoms with E-state index in [0.29, 0.717) is 6.54 Å². The van der Waals surface area contributed by atoms with E-state index in [1.165, 1.54) is 0 Å². The van der Waals surface area contributed by atoms with Gasteiger partial charge in [-0.3, -0.25) is 4.68 Å². The number of furan rings is 1. The number of nitrogens with zero attached hydrogens (tertiary/aromatic N) is 3. The summed E-state index contributed by atoms with van der Waals surface area (Å²) in [7, 11) is 1.92. The molecule has 0 atom stereocenters. The molecule has 0 aliphatic heterocycles. The van der Waals surface area contributed by atoms with E-state index in [2.05, 4.69) is 15.4 Å². The molecule has 0 amide bonds. The molecule has 0 aromatic carbocycles. The van der Waals surface area contributed by atoms with Crippen molar-refractivity contribution in [2.45, 2.75) is 6.54 Å². The van der Waals surface area contributed by atoms with Crippen LogP contribution >= 0.6 is 0 Å². The largest absolute Gasteiger partial charge is 0.464 e. The fourth-order valence-corrected chi connectivity index (χ4v) is 1.78. The van der Waals surface area contributed by atoms with Gasteiger partial charge in [-0.05, 0) is 18.2 Å². The van der Waals surface area contributed by atoms with E-state index in [1.807, 2.05) is 29.9 Å². The van der Waals surface area contributed by atoms with Crippen LogP contribution in [-0.2, 0) is 13.6 Å². The maximum absolute atomic E-state index is 5.32. The molecule has 0 saturated heterocycles. The third-order valence-electron chi connectivity index (χ3n) is 2.74. The molecule has 5 nitrogen and oxygen atoms in total. The van der Waals surface area contributed by atoms with Gasteiger partial charge in [0, 0.05) is 19.4 Å². The van der Waals surface area contributed by atoms with Crippen LogP contribution in [0.25, 0.3) is 11.0 Å². The molecule has 3 aromatic heterocycles. The minimum atomic E-state index is 0.688. The number of aryl methyl sites for hydroxylation is 1. The molecule has 0 fully saturated rings. The molecule has 86 valence electrons. The Labute approximate surface area is 98.1 Å². The Morgan fingerprint density at radius 3 is 3.06 bits per heavy atom. The topological polar surface area (TPSA) is 55.9 Å². The highest BCUT2D eigenvalue weighted by atomic mass is 16.3. The average Bonchev–Trinajstić information content (AvgIpc) is 2.95. The Kier molecular flexibility index (Phi) is 2.29. The summed E-state index contributed by atoms with van der Waals surface area (Å²) in [6, 6.07) is 5.74. The molecule has 0 radical (unpaired) electrons. The van der Waals surface area contributed by atoms with Crippen LogP contribution in [0.4, 0.5) is 5.82 Å². The minimum Gasteiger partial charge on any atom is -0.464 e. The van der Waals surface area contributed by atoms with Gasteiger partial charge in [0.05, 0.1) is 23.9 Å². The van der Waals surface area contributed by atoms with Crippen LogP contribution < -0.4 is 5.32 Å². The first kappa shape index (κ1) is 9.89. The van der Waals surface area contributed by atoms with Gasteiger partial charge in [-0.25, -0.2) is 4.98 Å². The number of hydrogen-bond donors (Lipinski definition) is 1. The summed E-state index contributed by atoms with van der Waals surface area (Å²) in [5.41, 5.74) is 1.94. The van der Waals surface area contributed by atoms with Crippen molar-refractivity contribution in [3.8, 4) is 0 Å². The standard InChI is InChI=1S/C12H12N4O/c1-16-9(2-6-15-16)8-14-12-10-4-7-17-11(10)3-5-13-12/h2-7H,8H2,1H3,(H,13,14). The molecule has 17 heavy (non-hydrogen) atoms. The number of aromatic nitrogens is 3. The van der Waals surface area contributed by atoms with Crippen molar-refractivity contribution in [3.63, 3.8) is 0 Å². The quantitative estimate of drug-likeness (QED) is 0.746. The van der Waals surface area contributed by atoms with Crippen molar-refractivity contribution >= 4 is 16.8 Å². The lowest BCUT2D eigenvalue weighted by Crippen LogP contribution is -2.06. The zero-order valence-corrected chi connectivity index (χ0v) is 9.42. The summed E-state index contributed by atoms with van der Waals surface area (Å²) in [6.07, 6.45) is 5.18. The SMILES string of the molecule is Cn1nccc1CNc1nccc2occc12. The molecule has 1 N–H and O–H groups in total. The summed E-state index contributed by atoms with van der Waals surface area (Å²) in [4.78, 5) is 4.31. The van der Waals surface area contributed by atoms with Crippen LogP contribution in [0.1, 0.15) is 5.69 Å². The smallest absolute Gasteiger partial charge is 0.139 e. The number of fused-ring (bicyclic) bond motifs is 1. The minimum absolute atomic E-state index is 0.688. The Hall–Kier alpha value is -2.30. The molecule has 3 rings (SSSR count). The Bertz CT molecular complexity index is 641. The normalized spacial score (nSPS) is 10.9. The van der Waals surface area contributed by atoms with Gasteiger partial charge >= 0.3 is 0 Å². The van der Waals surface area contributed by atoms with Crippen molar-refractivity contribution in [2.24, 2.45) is 7.05 Å². The van der Waals surface area contributed by atoms with Crippen LogP contribution in [0.15, 0.2) is 41.3 Å². The van der Waals surface area contributed by atoms with Crippen LogP contribution in [0.5, 0.6) is 0 Å². The maximum Gasteiger partial charge on any atom is 0.139 e. The highest BCUT2D eigenvalue weighted by Crippen LogP contribution is 2.21. The van der Waals surface area contributed by atoms with Crippen molar-refractivity contribution in [1.82, 2.24) is 14.8 Å². The molecule has 3 heterocycles. The van der Waals surface area contributed by atoms with Gasteiger partial charge in [0.1, 0.15) is 11.4 Å². The lowest BCUT2D eigenvalue weighted by Gasteiger charge is -2.06. The third-order valence-corrected chi connectivity index (χ3v) is 2.74. The monoisotopic (exact) mass is 228 g/mol. The maximum atomic E-state index is 5.32. The van der Waals surface area contributed by atoms with Crippen LogP contribution in [0.2, 0.25) is 0 Å². The third kappa shape index (κ3) is 1.75.